The third-order valence-corrected chi connectivity index (χ3v) is 3.44. The highest BCUT2D eigenvalue weighted by atomic mass is 16.3. The van der Waals surface area contributed by atoms with Crippen molar-refractivity contribution in [2.75, 3.05) is 5.32 Å². The Bertz CT molecular complexity index is 874. The minimum absolute atomic E-state index is 0.0202. The fourth-order valence-electron chi connectivity index (χ4n) is 2.14. The SMILES string of the molecule is CC(=O)c1cccc(Nc2ncc(C(=O)NCc3ccco3)cn2)c1. The molecule has 0 aliphatic heterocycles. The number of ketones is 1. The van der Waals surface area contributed by atoms with Crippen LogP contribution in [0.2, 0.25) is 0 Å². The number of anilines is 2. The Morgan fingerprint density at radius 3 is 2.56 bits per heavy atom. The lowest BCUT2D eigenvalue weighted by Gasteiger charge is -2.07. The topological polar surface area (TPSA) is 97.1 Å². The smallest absolute Gasteiger partial charge is 0.254 e. The molecular weight excluding hydrogens is 320 g/mol. The van der Waals surface area contributed by atoms with Crippen LogP contribution in [0.3, 0.4) is 0 Å². The molecule has 0 unspecified atom stereocenters. The van der Waals surface area contributed by atoms with E-state index in [1.807, 2.05) is 0 Å². The van der Waals surface area contributed by atoms with Gasteiger partial charge in [0.25, 0.3) is 5.91 Å². The summed E-state index contributed by atoms with van der Waals surface area (Å²) in [6.07, 6.45) is 4.41. The van der Waals surface area contributed by atoms with E-state index in [0.29, 0.717) is 35.1 Å². The third kappa shape index (κ3) is 4.29. The average molecular weight is 336 g/mol. The first kappa shape index (κ1) is 16.4. The van der Waals surface area contributed by atoms with Crippen LogP contribution in [-0.4, -0.2) is 21.7 Å². The molecule has 2 N–H and O–H groups in total. The molecule has 0 atom stereocenters. The molecule has 0 fully saturated rings. The summed E-state index contributed by atoms with van der Waals surface area (Å²) in [5, 5.41) is 5.72. The van der Waals surface area contributed by atoms with Gasteiger partial charge in [-0.3, -0.25) is 9.59 Å². The number of hydrogen-bond acceptors (Lipinski definition) is 6. The predicted octanol–water partition coefficient (Wildman–Crippen LogP) is 2.95. The van der Waals surface area contributed by atoms with Crippen LogP contribution < -0.4 is 10.6 Å². The van der Waals surface area contributed by atoms with E-state index >= 15 is 0 Å². The molecule has 7 nitrogen and oxygen atoms in total. The number of carbonyl (C=O) groups excluding carboxylic acids is 2. The van der Waals surface area contributed by atoms with Gasteiger partial charge in [0.15, 0.2) is 5.78 Å². The minimum atomic E-state index is -0.290. The summed E-state index contributed by atoms with van der Waals surface area (Å²) in [6.45, 7) is 1.80. The van der Waals surface area contributed by atoms with E-state index in [0.717, 1.165) is 0 Å². The van der Waals surface area contributed by atoms with Gasteiger partial charge in [0.1, 0.15) is 5.76 Å². The number of amides is 1. The summed E-state index contributed by atoms with van der Waals surface area (Å²) in [5.74, 6) is 0.691. The molecule has 0 radical (unpaired) electrons. The minimum Gasteiger partial charge on any atom is -0.467 e. The molecule has 0 aliphatic carbocycles. The number of carbonyl (C=O) groups is 2. The van der Waals surface area contributed by atoms with Gasteiger partial charge >= 0.3 is 0 Å². The summed E-state index contributed by atoms with van der Waals surface area (Å²) in [7, 11) is 0. The summed E-state index contributed by atoms with van der Waals surface area (Å²) in [5.41, 5.74) is 1.64. The second kappa shape index (κ2) is 7.39. The van der Waals surface area contributed by atoms with Gasteiger partial charge in [-0.25, -0.2) is 9.97 Å². The maximum atomic E-state index is 12.0. The van der Waals surface area contributed by atoms with Crippen LogP contribution in [0, 0.1) is 0 Å². The van der Waals surface area contributed by atoms with Gasteiger partial charge in [-0.15, -0.1) is 0 Å². The van der Waals surface area contributed by atoms with Crippen molar-refractivity contribution >= 4 is 23.3 Å². The molecule has 126 valence electrons. The first-order chi connectivity index (χ1) is 12.1. The van der Waals surface area contributed by atoms with Crippen LogP contribution in [0.5, 0.6) is 0 Å². The maximum Gasteiger partial charge on any atom is 0.254 e. The first-order valence-electron chi connectivity index (χ1n) is 7.62. The Kier molecular flexibility index (Phi) is 4.84. The largest absolute Gasteiger partial charge is 0.467 e. The van der Waals surface area contributed by atoms with E-state index in [1.54, 1.807) is 42.7 Å². The molecule has 2 heterocycles. The van der Waals surface area contributed by atoms with Gasteiger partial charge in [-0.2, -0.15) is 0 Å². The van der Waals surface area contributed by atoms with E-state index in [2.05, 4.69) is 20.6 Å². The fourth-order valence-corrected chi connectivity index (χ4v) is 2.14. The lowest BCUT2D eigenvalue weighted by atomic mass is 10.1. The van der Waals surface area contributed by atoms with Crippen LogP contribution in [0.1, 0.15) is 33.4 Å². The van der Waals surface area contributed by atoms with Gasteiger partial charge < -0.3 is 15.1 Å². The molecule has 1 amide bonds. The lowest BCUT2D eigenvalue weighted by Crippen LogP contribution is -2.22. The van der Waals surface area contributed by atoms with Crippen LogP contribution in [0.25, 0.3) is 0 Å². The van der Waals surface area contributed by atoms with Gasteiger partial charge in [0, 0.05) is 23.6 Å². The molecule has 3 rings (SSSR count). The van der Waals surface area contributed by atoms with Crippen LogP contribution in [0.15, 0.2) is 59.5 Å². The quantitative estimate of drug-likeness (QED) is 0.672. The Hall–Kier alpha value is -3.48. The molecule has 7 heteroatoms. The Labute approximate surface area is 144 Å². The van der Waals surface area contributed by atoms with Crippen molar-refractivity contribution in [3.8, 4) is 0 Å². The molecule has 0 spiro atoms. The average Bonchev–Trinajstić information content (AvgIpc) is 3.14. The van der Waals surface area contributed by atoms with Crippen molar-refractivity contribution in [1.82, 2.24) is 15.3 Å². The highest BCUT2D eigenvalue weighted by Crippen LogP contribution is 2.15. The van der Waals surface area contributed by atoms with E-state index in [4.69, 9.17) is 4.42 Å². The standard InChI is InChI=1S/C18H16N4O3/c1-12(23)13-4-2-5-15(8-13)22-18-20-9-14(10-21-18)17(24)19-11-16-6-3-7-25-16/h2-10H,11H2,1H3,(H,19,24)(H,20,21,22). The molecule has 3 aromatic rings. The Morgan fingerprint density at radius 1 is 1.08 bits per heavy atom. The summed E-state index contributed by atoms with van der Waals surface area (Å²) in [4.78, 5) is 31.7. The summed E-state index contributed by atoms with van der Waals surface area (Å²) in [6, 6.07) is 10.6. The number of hydrogen-bond donors (Lipinski definition) is 2. The van der Waals surface area contributed by atoms with Gasteiger partial charge in [-0.1, -0.05) is 12.1 Å². The van der Waals surface area contributed by atoms with E-state index in [-0.39, 0.29) is 11.7 Å². The normalized spacial score (nSPS) is 10.3. The van der Waals surface area contributed by atoms with Crippen molar-refractivity contribution < 1.29 is 14.0 Å². The zero-order valence-corrected chi connectivity index (χ0v) is 13.5. The molecule has 1 aromatic carbocycles. The fraction of sp³-hybridized carbons (Fsp3) is 0.111. The summed E-state index contributed by atoms with van der Waals surface area (Å²) < 4.78 is 5.15. The number of nitrogens with one attached hydrogen (secondary N) is 2. The van der Waals surface area contributed by atoms with Crippen molar-refractivity contribution in [3.05, 3.63) is 71.9 Å². The number of furan rings is 1. The molecule has 25 heavy (non-hydrogen) atoms. The summed E-state index contributed by atoms with van der Waals surface area (Å²) >= 11 is 0. The molecule has 0 aliphatic rings. The van der Waals surface area contributed by atoms with Crippen molar-refractivity contribution in [1.29, 1.82) is 0 Å². The van der Waals surface area contributed by atoms with Gasteiger partial charge in [0.05, 0.1) is 18.4 Å². The van der Waals surface area contributed by atoms with Gasteiger partial charge in [-0.05, 0) is 31.2 Å². The van der Waals surface area contributed by atoms with E-state index in [9.17, 15) is 9.59 Å². The number of nitrogens with zero attached hydrogens (tertiary/aromatic N) is 2. The van der Waals surface area contributed by atoms with Gasteiger partial charge in [0.2, 0.25) is 5.95 Å². The third-order valence-electron chi connectivity index (χ3n) is 3.44. The molecule has 0 saturated heterocycles. The highest BCUT2D eigenvalue weighted by molar-refractivity contribution is 5.95. The predicted molar refractivity (Wildman–Crippen MR) is 91.6 cm³/mol. The molecule has 0 saturated carbocycles. The van der Waals surface area contributed by atoms with Crippen LogP contribution >= 0.6 is 0 Å². The zero-order valence-electron chi connectivity index (χ0n) is 13.5. The lowest BCUT2D eigenvalue weighted by molar-refractivity contribution is 0.0946. The monoisotopic (exact) mass is 336 g/mol. The number of rotatable bonds is 6. The van der Waals surface area contributed by atoms with E-state index < -0.39 is 0 Å². The molecule has 0 bridgehead atoms. The van der Waals surface area contributed by atoms with Crippen molar-refractivity contribution in [2.24, 2.45) is 0 Å². The molecular formula is C18H16N4O3. The van der Waals surface area contributed by atoms with E-state index in [1.165, 1.54) is 19.3 Å². The van der Waals surface area contributed by atoms with Crippen LogP contribution in [0.4, 0.5) is 11.6 Å². The zero-order chi connectivity index (χ0) is 17.6. The molecule has 2 aromatic heterocycles. The Balaban J connectivity index is 1.62. The van der Waals surface area contributed by atoms with Crippen molar-refractivity contribution in [2.45, 2.75) is 13.5 Å². The second-order valence-electron chi connectivity index (χ2n) is 5.32. The number of Topliss-reactive ketones (excluding diaryl/α,β-unsaturated/α-hetero) is 1. The van der Waals surface area contributed by atoms with Crippen LogP contribution in [-0.2, 0) is 6.54 Å². The van der Waals surface area contributed by atoms with Crippen molar-refractivity contribution in [3.63, 3.8) is 0 Å². The maximum absolute atomic E-state index is 12.0. The second-order valence-corrected chi connectivity index (χ2v) is 5.32. The first-order valence-corrected chi connectivity index (χ1v) is 7.62. The highest BCUT2D eigenvalue weighted by Gasteiger charge is 2.08. The Morgan fingerprint density at radius 2 is 1.88 bits per heavy atom. The number of aromatic nitrogens is 2. The number of benzene rings is 1.